The third-order valence-electron chi connectivity index (χ3n) is 3.36. The van der Waals surface area contributed by atoms with Gasteiger partial charge in [0.2, 0.25) is 0 Å². The summed E-state index contributed by atoms with van der Waals surface area (Å²) < 4.78 is 0. The topological polar surface area (TPSA) is 48.7 Å². The van der Waals surface area contributed by atoms with Crippen LogP contribution in [0.5, 0.6) is 0 Å². The first-order chi connectivity index (χ1) is 8.74. The van der Waals surface area contributed by atoms with E-state index in [1.54, 1.807) is 12.3 Å². The predicted molar refractivity (Wildman–Crippen MR) is 77.1 cm³/mol. The van der Waals surface area contributed by atoms with Crippen molar-refractivity contribution in [3.63, 3.8) is 0 Å². The monoisotopic (exact) mass is 281 g/mol. The molecule has 1 fully saturated rings. The maximum Gasteiger partial charge on any atom is 0.146 e. The van der Waals surface area contributed by atoms with Crippen LogP contribution in [0.25, 0.3) is 0 Å². The lowest BCUT2D eigenvalue weighted by Crippen LogP contribution is -2.27. The van der Waals surface area contributed by atoms with Crippen molar-refractivity contribution in [1.29, 1.82) is 5.26 Å². The number of anilines is 1. The summed E-state index contributed by atoms with van der Waals surface area (Å²) in [5, 5.41) is 13.5. The Balaban J connectivity index is 2.01. The molecule has 3 nitrogen and oxygen atoms in total. The van der Waals surface area contributed by atoms with E-state index in [0.29, 0.717) is 22.4 Å². The highest BCUT2D eigenvalue weighted by Crippen LogP contribution is 2.30. The van der Waals surface area contributed by atoms with E-state index in [0.717, 1.165) is 18.1 Å². The normalized spacial score (nSPS) is 23.4. The number of aromatic nitrogens is 1. The lowest BCUT2D eigenvalue weighted by molar-refractivity contribution is 0.472. The highest BCUT2D eigenvalue weighted by molar-refractivity contribution is 7.99. The first-order valence-electron chi connectivity index (χ1n) is 6.08. The van der Waals surface area contributed by atoms with E-state index >= 15 is 0 Å². The van der Waals surface area contributed by atoms with Gasteiger partial charge in [-0.15, -0.1) is 0 Å². The molecule has 1 heterocycles. The van der Waals surface area contributed by atoms with Crippen molar-refractivity contribution in [2.75, 3.05) is 11.6 Å². The smallest absolute Gasteiger partial charge is 0.146 e. The zero-order valence-electron chi connectivity index (χ0n) is 10.3. The predicted octanol–water partition coefficient (Wildman–Crippen LogP) is 3.69. The second kappa shape index (κ2) is 6.31. The Kier molecular flexibility index (Phi) is 4.73. The first-order valence-corrected chi connectivity index (χ1v) is 7.75. The molecule has 0 spiro atoms. The van der Waals surface area contributed by atoms with Crippen LogP contribution in [-0.2, 0) is 0 Å². The Bertz CT molecular complexity index is 450. The van der Waals surface area contributed by atoms with Gasteiger partial charge in [-0.2, -0.15) is 17.0 Å². The van der Waals surface area contributed by atoms with Gasteiger partial charge in [-0.05, 0) is 38.0 Å². The average molecular weight is 282 g/mol. The van der Waals surface area contributed by atoms with Crippen molar-refractivity contribution in [2.24, 2.45) is 0 Å². The minimum atomic E-state index is 0.423. The number of hydrogen-bond acceptors (Lipinski definition) is 4. The van der Waals surface area contributed by atoms with Crippen molar-refractivity contribution in [1.82, 2.24) is 4.98 Å². The SMILES string of the molecule is CSC1CCC(Nc2nccc(C#N)c2Cl)CC1. The summed E-state index contributed by atoms with van der Waals surface area (Å²) in [6, 6.07) is 4.13. The van der Waals surface area contributed by atoms with E-state index in [2.05, 4.69) is 22.6 Å². The van der Waals surface area contributed by atoms with Crippen LogP contribution >= 0.6 is 23.4 Å². The molecule has 1 aromatic heterocycles. The molecule has 5 heteroatoms. The number of rotatable bonds is 3. The van der Waals surface area contributed by atoms with E-state index < -0.39 is 0 Å². The Labute approximate surface area is 117 Å². The fourth-order valence-electron chi connectivity index (χ4n) is 2.27. The third kappa shape index (κ3) is 3.09. The molecule has 18 heavy (non-hydrogen) atoms. The average Bonchev–Trinajstić information content (AvgIpc) is 2.42. The molecular weight excluding hydrogens is 266 g/mol. The van der Waals surface area contributed by atoms with Crippen molar-refractivity contribution in [2.45, 2.75) is 37.0 Å². The molecule has 1 saturated carbocycles. The van der Waals surface area contributed by atoms with E-state index in [1.807, 2.05) is 11.8 Å². The lowest BCUT2D eigenvalue weighted by atomic mass is 9.95. The van der Waals surface area contributed by atoms with Gasteiger partial charge in [-0.3, -0.25) is 0 Å². The molecule has 0 unspecified atom stereocenters. The maximum atomic E-state index is 8.92. The fraction of sp³-hybridized carbons (Fsp3) is 0.538. The van der Waals surface area contributed by atoms with Gasteiger partial charge in [0.05, 0.1) is 5.56 Å². The second-order valence-electron chi connectivity index (χ2n) is 4.49. The van der Waals surface area contributed by atoms with Gasteiger partial charge in [-0.1, -0.05) is 11.6 Å². The van der Waals surface area contributed by atoms with Crippen LogP contribution < -0.4 is 5.32 Å². The van der Waals surface area contributed by atoms with Crippen molar-refractivity contribution < 1.29 is 0 Å². The Hall–Kier alpha value is -0.920. The Morgan fingerprint density at radius 2 is 2.17 bits per heavy atom. The molecule has 0 saturated heterocycles. The van der Waals surface area contributed by atoms with Crippen LogP contribution in [-0.4, -0.2) is 22.5 Å². The largest absolute Gasteiger partial charge is 0.366 e. The standard InChI is InChI=1S/C13H16ClN3S/c1-18-11-4-2-10(3-5-11)17-13-12(14)9(8-15)6-7-16-13/h6-7,10-11H,2-5H2,1H3,(H,16,17). The molecule has 0 amide bonds. The minimum Gasteiger partial charge on any atom is -0.366 e. The van der Waals surface area contributed by atoms with Gasteiger partial charge < -0.3 is 5.32 Å². The Morgan fingerprint density at radius 3 is 2.78 bits per heavy atom. The molecule has 1 aliphatic rings. The number of halogens is 1. The summed E-state index contributed by atoms with van der Waals surface area (Å²) in [4.78, 5) is 4.22. The van der Waals surface area contributed by atoms with E-state index in [4.69, 9.17) is 16.9 Å². The van der Waals surface area contributed by atoms with Gasteiger partial charge >= 0.3 is 0 Å². The van der Waals surface area contributed by atoms with E-state index in [1.165, 1.54) is 12.8 Å². The summed E-state index contributed by atoms with van der Waals surface area (Å²) in [5.74, 6) is 0.642. The van der Waals surface area contributed by atoms with Crippen LogP contribution in [0.15, 0.2) is 12.3 Å². The number of nitrogens with one attached hydrogen (secondary N) is 1. The number of pyridine rings is 1. The summed E-state index contributed by atoms with van der Waals surface area (Å²) in [5.41, 5.74) is 0.479. The first kappa shape index (κ1) is 13.5. The summed E-state index contributed by atoms with van der Waals surface area (Å²) in [6.07, 6.45) is 8.54. The van der Waals surface area contributed by atoms with E-state index in [-0.39, 0.29) is 0 Å². The lowest BCUT2D eigenvalue weighted by Gasteiger charge is -2.28. The molecule has 1 aromatic rings. The van der Waals surface area contributed by atoms with Crippen molar-refractivity contribution in [3.8, 4) is 6.07 Å². The third-order valence-corrected chi connectivity index (χ3v) is 4.88. The maximum absolute atomic E-state index is 8.92. The van der Waals surface area contributed by atoms with Gasteiger partial charge in [0.1, 0.15) is 16.9 Å². The van der Waals surface area contributed by atoms with Gasteiger partial charge in [-0.25, -0.2) is 4.98 Å². The fourth-order valence-corrected chi connectivity index (χ4v) is 3.22. The molecule has 2 rings (SSSR count). The summed E-state index contributed by atoms with van der Waals surface area (Å²) in [7, 11) is 0. The van der Waals surface area contributed by atoms with Crippen LogP contribution in [0.1, 0.15) is 31.2 Å². The molecule has 1 aliphatic carbocycles. The minimum absolute atomic E-state index is 0.423. The highest BCUT2D eigenvalue weighted by Gasteiger charge is 2.21. The number of nitriles is 1. The number of hydrogen-bond donors (Lipinski definition) is 1. The molecule has 0 aliphatic heterocycles. The quantitative estimate of drug-likeness (QED) is 0.918. The second-order valence-corrected chi connectivity index (χ2v) is 6.00. The number of nitrogens with zero attached hydrogens (tertiary/aromatic N) is 2. The summed E-state index contributed by atoms with van der Waals surface area (Å²) in [6.45, 7) is 0. The van der Waals surface area contributed by atoms with Crippen LogP contribution in [0.4, 0.5) is 5.82 Å². The van der Waals surface area contributed by atoms with Gasteiger partial charge in [0.25, 0.3) is 0 Å². The molecule has 0 bridgehead atoms. The van der Waals surface area contributed by atoms with Crippen LogP contribution in [0.3, 0.4) is 0 Å². The van der Waals surface area contributed by atoms with Crippen molar-refractivity contribution in [3.05, 3.63) is 22.8 Å². The molecule has 0 radical (unpaired) electrons. The summed E-state index contributed by atoms with van der Waals surface area (Å²) >= 11 is 8.08. The van der Waals surface area contributed by atoms with Crippen LogP contribution in [0.2, 0.25) is 5.02 Å². The van der Waals surface area contributed by atoms with Gasteiger partial charge in [0.15, 0.2) is 0 Å². The molecular formula is C13H16ClN3S. The zero-order chi connectivity index (χ0) is 13.0. The van der Waals surface area contributed by atoms with Crippen molar-refractivity contribution >= 4 is 29.2 Å². The highest BCUT2D eigenvalue weighted by atomic mass is 35.5. The number of thioether (sulfide) groups is 1. The molecule has 0 atom stereocenters. The molecule has 96 valence electrons. The molecule has 1 N–H and O–H groups in total. The Morgan fingerprint density at radius 1 is 1.44 bits per heavy atom. The van der Waals surface area contributed by atoms with Gasteiger partial charge in [0, 0.05) is 17.5 Å². The van der Waals surface area contributed by atoms with Crippen LogP contribution in [0, 0.1) is 11.3 Å². The van der Waals surface area contributed by atoms with E-state index in [9.17, 15) is 0 Å². The molecule has 0 aromatic carbocycles. The zero-order valence-corrected chi connectivity index (χ0v) is 11.9.